The first-order chi connectivity index (χ1) is 9.55. The van der Waals surface area contributed by atoms with Gasteiger partial charge in [-0.2, -0.15) is 0 Å². The van der Waals surface area contributed by atoms with Crippen molar-refractivity contribution in [2.45, 2.75) is 25.4 Å². The average molecular weight is 300 g/mol. The number of aromatic nitrogens is 2. The number of nitrogens with one attached hydrogen (secondary N) is 2. The summed E-state index contributed by atoms with van der Waals surface area (Å²) < 4.78 is 24.9. The molecular formula is C12H20N4O3S. The molecule has 20 heavy (non-hydrogen) atoms. The molecule has 1 atom stereocenters. The zero-order chi connectivity index (χ0) is 14.4. The van der Waals surface area contributed by atoms with Gasteiger partial charge in [0, 0.05) is 44.5 Å². The number of carbonyl (C=O) groups excluding carboxylic acids is 1. The molecule has 1 aliphatic heterocycles. The minimum absolute atomic E-state index is 0.0510. The third-order valence-corrected chi connectivity index (χ3v) is 4.94. The Morgan fingerprint density at radius 1 is 1.50 bits per heavy atom. The van der Waals surface area contributed by atoms with Crippen LogP contribution in [0.15, 0.2) is 18.7 Å². The normalized spacial score (nSPS) is 21.5. The van der Waals surface area contributed by atoms with Gasteiger partial charge in [-0.1, -0.05) is 0 Å². The van der Waals surface area contributed by atoms with Crippen LogP contribution in [0, 0.1) is 0 Å². The highest BCUT2D eigenvalue weighted by molar-refractivity contribution is 7.91. The van der Waals surface area contributed by atoms with Gasteiger partial charge in [0.25, 0.3) is 0 Å². The highest BCUT2D eigenvalue weighted by Gasteiger charge is 2.25. The predicted octanol–water partition coefficient (Wildman–Crippen LogP) is -0.834. The summed E-state index contributed by atoms with van der Waals surface area (Å²) in [6, 6.07) is -0.262. The highest BCUT2D eigenvalue weighted by Crippen LogP contribution is 2.04. The van der Waals surface area contributed by atoms with Crippen LogP contribution in [0.4, 0.5) is 0 Å². The van der Waals surface area contributed by atoms with E-state index in [2.05, 4.69) is 15.6 Å². The fourth-order valence-electron chi connectivity index (χ4n) is 2.20. The molecule has 0 aliphatic carbocycles. The Morgan fingerprint density at radius 2 is 2.35 bits per heavy atom. The molecule has 8 heteroatoms. The van der Waals surface area contributed by atoms with Crippen molar-refractivity contribution in [3.05, 3.63) is 18.7 Å². The number of carbonyl (C=O) groups is 1. The van der Waals surface area contributed by atoms with Crippen molar-refractivity contribution in [1.82, 2.24) is 20.2 Å². The van der Waals surface area contributed by atoms with Crippen LogP contribution < -0.4 is 10.6 Å². The van der Waals surface area contributed by atoms with Gasteiger partial charge < -0.3 is 15.2 Å². The van der Waals surface area contributed by atoms with Crippen molar-refractivity contribution < 1.29 is 13.2 Å². The van der Waals surface area contributed by atoms with E-state index in [1.165, 1.54) is 0 Å². The number of sulfone groups is 1. The smallest absolute Gasteiger partial charge is 0.221 e. The maximum absolute atomic E-state index is 11.7. The Labute approximate surface area is 118 Å². The molecule has 0 aromatic carbocycles. The molecule has 1 saturated heterocycles. The number of hydrogen-bond donors (Lipinski definition) is 2. The number of nitrogens with zero attached hydrogens (tertiary/aromatic N) is 2. The Balaban J connectivity index is 1.63. The van der Waals surface area contributed by atoms with E-state index in [-0.39, 0.29) is 29.9 Å². The molecule has 2 heterocycles. The zero-order valence-corrected chi connectivity index (χ0v) is 12.1. The third kappa shape index (κ3) is 4.93. The summed E-state index contributed by atoms with van der Waals surface area (Å²) in [6.07, 6.45) is 6.35. The van der Waals surface area contributed by atoms with Crippen LogP contribution in [-0.4, -0.2) is 54.5 Å². The summed E-state index contributed by atoms with van der Waals surface area (Å²) in [6.45, 7) is 1.81. The fourth-order valence-corrected chi connectivity index (χ4v) is 3.65. The molecule has 0 saturated carbocycles. The molecule has 1 aromatic rings. The summed E-state index contributed by atoms with van der Waals surface area (Å²) in [5.74, 6) is 0.108. The van der Waals surface area contributed by atoms with Crippen molar-refractivity contribution in [1.29, 1.82) is 0 Å². The summed E-state index contributed by atoms with van der Waals surface area (Å²) in [7, 11) is -2.99. The Kier molecular flexibility index (Phi) is 5.13. The number of hydrogen-bond acceptors (Lipinski definition) is 5. The third-order valence-electron chi connectivity index (χ3n) is 3.21. The van der Waals surface area contributed by atoms with Gasteiger partial charge in [-0.05, 0) is 6.42 Å². The van der Waals surface area contributed by atoms with E-state index in [4.69, 9.17) is 0 Å². The standard InChI is InChI=1S/C12H20N4O3S/c17-12(8-11-9-20(18,19)7-4-14-11)15-2-1-5-16-6-3-13-10-16/h3,6,10-11,14H,1-2,4-5,7-9H2,(H,15,17). The second-order valence-corrected chi connectivity index (χ2v) is 7.20. The molecule has 1 fully saturated rings. The van der Waals surface area contributed by atoms with Gasteiger partial charge >= 0.3 is 0 Å². The molecule has 112 valence electrons. The van der Waals surface area contributed by atoms with Crippen LogP contribution in [0.25, 0.3) is 0 Å². The van der Waals surface area contributed by atoms with Crippen LogP contribution in [0.1, 0.15) is 12.8 Å². The van der Waals surface area contributed by atoms with E-state index < -0.39 is 9.84 Å². The average Bonchev–Trinajstić information content (AvgIpc) is 2.86. The molecule has 7 nitrogen and oxygen atoms in total. The van der Waals surface area contributed by atoms with Gasteiger partial charge in [0.1, 0.15) is 0 Å². The van der Waals surface area contributed by atoms with E-state index in [0.29, 0.717) is 13.1 Å². The first-order valence-corrected chi connectivity index (χ1v) is 8.53. The number of imidazole rings is 1. The van der Waals surface area contributed by atoms with E-state index in [1.54, 1.807) is 12.5 Å². The molecule has 2 N–H and O–H groups in total. The zero-order valence-electron chi connectivity index (χ0n) is 11.3. The molecule has 2 rings (SSSR count). The fraction of sp³-hybridized carbons (Fsp3) is 0.667. The second-order valence-electron chi connectivity index (χ2n) is 4.97. The monoisotopic (exact) mass is 300 g/mol. The molecule has 0 bridgehead atoms. The Bertz CT molecular complexity index is 527. The maximum atomic E-state index is 11.7. The van der Waals surface area contributed by atoms with E-state index in [9.17, 15) is 13.2 Å². The van der Waals surface area contributed by atoms with Gasteiger partial charge in [-0.3, -0.25) is 4.79 Å². The first-order valence-electron chi connectivity index (χ1n) is 6.71. The maximum Gasteiger partial charge on any atom is 0.221 e. The lowest BCUT2D eigenvalue weighted by atomic mass is 10.2. The summed E-state index contributed by atoms with van der Waals surface area (Å²) in [5, 5.41) is 5.88. The summed E-state index contributed by atoms with van der Waals surface area (Å²) >= 11 is 0. The number of aryl methyl sites for hydroxylation is 1. The van der Waals surface area contributed by atoms with Crippen LogP contribution >= 0.6 is 0 Å². The summed E-state index contributed by atoms with van der Waals surface area (Å²) in [5.41, 5.74) is 0. The molecule has 0 spiro atoms. The van der Waals surface area contributed by atoms with Crippen molar-refractivity contribution in [3.8, 4) is 0 Å². The number of amides is 1. The highest BCUT2D eigenvalue weighted by atomic mass is 32.2. The van der Waals surface area contributed by atoms with Crippen molar-refractivity contribution >= 4 is 15.7 Å². The van der Waals surface area contributed by atoms with Crippen LogP contribution in [0.3, 0.4) is 0 Å². The van der Waals surface area contributed by atoms with E-state index in [1.807, 2.05) is 10.8 Å². The molecule has 1 aliphatic rings. The molecular weight excluding hydrogens is 280 g/mol. The summed E-state index contributed by atoms with van der Waals surface area (Å²) in [4.78, 5) is 15.7. The quantitative estimate of drug-likeness (QED) is 0.669. The van der Waals surface area contributed by atoms with E-state index in [0.717, 1.165) is 13.0 Å². The van der Waals surface area contributed by atoms with Crippen molar-refractivity contribution in [3.63, 3.8) is 0 Å². The lowest BCUT2D eigenvalue weighted by Gasteiger charge is -2.23. The van der Waals surface area contributed by atoms with Gasteiger partial charge in [-0.15, -0.1) is 0 Å². The molecule has 1 unspecified atom stereocenters. The van der Waals surface area contributed by atoms with Crippen LogP contribution in [0.2, 0.25) is 0 Å². The topological polar surface area (TPSA) is 93.1 Å². The van der Waals surface area contributed by atoms with Crippen LogP contribution in [0.5, 0.6) is 0 Å². The lowest BCUT2D eigenvalue weighted by Crippen LogP contribution is -2.47. The number of rotatable bonds is 6. The first kappa shape index (κ1) is 15.0. The molecule has 1 amide bonds. The minimum Gasteiger partial charge on any atom is -0.356 e. The van der Waals surface area contributed by atoms with Gasteiger partial charge in [0.15, 0.2) is 9.84 Å². The predicted molar refractivity (Wildman–Crippen MR) is 74.9 cm³/mol. The van der Waals surface area contributed by atoms with Gasteiger partial charge in [-0.25, -0.2) is 13.4 Å². The van der Waals surface area contributed by atoms with Gasteiger partial charge in [0.2, 0.25) is 5.91 Å². The second kappa shape index (κ2) is 6.85. The van der Waals surface area contributed by atoms with Crippen molar-refractivity contribution in [2.24, 2.45) is 0 Å². The Morgan fingerprint density at radius 3 is 3.05 bits per heavy atom. The van der Waals surface area contributed by atoms with Crippen molar-refractivity contribution in [2.75, 3.05) is 24.6 Å². The van der Waals surface area contributed by atoms with Gasteiger partial charge in [0.05, 0.1) is 17.8 Å². The lowest BCUT2D eigenvalue weighted by molar-refractivity contribution is -0.121. The Hall–Kier alpha value is -1.41. The van der Waals surface area contributed by atoms with E-state index >= 15 is 0 Å². The van der Waals surface area contributed by atoms with Crippen LogP contribution in [-0.2, 0) is 21.2 Å². The molecule has 0 radical (unpaired) electrons. The largest absolute Gasteiger partial charge is 0.356 e. The minimum atomic E-state index is -2.99. The molecule has 1 aromatic heterocycles. The SMILES string of the molecule is O=C(CC1CS(=O)(=O)CCN1)NCCCn1ccnc1.